The summed E-state index contributed by atoms with van der Waals surface area (Å²) in [5.41, 5.74) is -0.685. The molecule has 1 aromatic rings. The SMILES string of the molecule is O=C(COC(=O)CNC(=O)C1CCCCC1)Nc1ccc(C(F)(F)F)cc1. The van der Waals surface area contributed by atoms with Crippen molar-refractivity contribution in [2.24, 2.45) is 5.92 Å². The highest BCUT2D eigenvalue weighted by molar-refractivity contribution is 5.93. The molecular formula is C18H21F3N2O4. The second-order valence-corrected chi connectivity index (χ2v) is 6.34. The van der Waals surface area contributed by atoms with Crippen LogP contribution in [0.5, 0.6) is 0 Å². The van der Waals surface area contributed by atoms with Crippen LogP contribution in [-0.4, -0.2) is 30.9 Å². The van der Waals surface area contributed by atoms with Crippen LogP contribution in [0, 0.1) is 5.92 Å². The summed E-state index contributed by atoms with van der Waals surface area (Å²) in [6.45, 7) is -0.929. The minimum Gasteiger partial charge on any atom is -0.454 e. The predicted octanol–water partition coefficient (Wildman–Crippen LogP) is 2.88. The predicted molar refractivity (Wildman–Crippen MR) is 90.6 cm³/mol. The molecular weight excluding hydrogens is 365 g/mol. The third-order valence-electron chi connectivity index (χ3n) is 4.24. The Balaban J connectivity index is 1.68. The smallest absolute Gasteiger partial charge is 0.416 e. The fourth-order valence-electron chi connectivity index (χ4n) is 2.81. The standard InChI is InChI=1S/C18H21F3N2O4/c19-18(20,21)13-6-8-14(9-7-13)23-15(24)11-27-16(25)10-22-17(26)12-4-2-1-3-5-12/h6-9,12H,1-5,10-11H2,(H,22,26)(H,23,24). The Morgan fingerprint density at radius 2 is 1.67 bits per heavy atom. The van der Waals surface area contributed by atoms with Gasteiger partial charge in [-0.1, -0.05) is 19.3 Å². The van der Waals surface area contributed by atoms with E-state index in [2.05, 4.69) is 10.6 Å². The highest BCUT2D eigenvalue weighted by atomic mass is 19.4. The van der Waals surface area contributed by atoms with Gasteiger partial charge < -0.3 is 15.4 Å². The number of ether oxygens (including phenoxy) is 1. The van der Waals surface area contributed by atoms with Gasteiger partial charge in [-0.05, 0) is 37.1 Å². The first-order valence-electron chi connectivity index (χ1n) is 8.66. The van der Waals surface area contributed by atoms with Gasteiger partial charge in [-0.2, -0.15) is 13.2 Å². The molecule has 6 nitrogen and oxygen atoms in total. The summed E-state index contributed by atoms with van der Waals surface area (Å²) in [4.78, 5) is 35.2. The average molecular weight is 386 g/mol. The molecule has 1 aliphatic carbocycles. The van der Waals surface area contributed by atoms with Gasteiger partial charge in [-0.25, -0.2) is 0 Å². The highest BCUT2D eigenvalue weighted by Gasteiger charge is 2.30. The van der Waals surface area contributed by atoms with Crippen LogP contribution in [0.4, 0.5) is 18.9 Å². The Kier molecular flexibility index (Phi) is 7.20. The average Bonchev–Trinajstić information content (AvgIpc) is 2.65. The van der Waals surface area contributed by atoms with Crippen molar-refractivity contribution in [1.29, 1.82) is 0 Å². The van der Waals surface area contributed by atoms with Crippen LogP contribution in [0.1, 0.15) is 37.7 Å². The summed E-state index contributed by atoms with van der Waals surface area (Å²) in [5, 5.41) is 4.82. The molecule has 0 bridgehead atoms. The Morgan fingerprint density at radius 1 is 1.04 bits per heavy atom. The van der Waals surface area contributed by atoms with Crippen LogP contribution in [0.25, 0.3) is 0 Å². The van der Waals surface area contributed by atoms with Crippen molar-refractivity contribution < 1.29 is 32.3 Å². The van der Waals surface area contributed by atoms with Gasteiger partial charge in [0.25, 0.3) is 5.91 Å². The lowest BCUT2D eigenvalue weighted by atomic mass is 9.89. The number of benzene rings is 1. The fourth-order valence-corrected chi connectivity index (χ4v) is 2.81. The van der Waals surface area contributed by atoms with Crippen LogP contribution in [0.2, 0.25) is 0 Å². The fraction of sp³-hybridized carbons (Fsp3) is 0.500. The molecule has 0 unspecified atom stereocenters. The second kappa shape index (κ2) is 9.38. The minimum atomic E-state index is -4.46. The lowest BCUT2D eigenvalue weighted by Gasteiger charge is -2.20. The molecule has 0 aliphatic heterocycles. The van der Waals surface area contributed by atoms with Crippen molar-refractivity contribution in [3.05, 3.63) is 29.8 Å². The summed E-state index contributed by atoms with van der Waals surface area (Å²) >= 11 is 0. The first kappa shape index (κ1) is 20.7. The highest BCUT2D eigenvalue weighted by Crippen LogP contribution is 2.29. The molecule has 1 aliphatic rings. The molecule has 148 valence electrons. The number of amides is 2. The van der Waals surface area contributed by atoms with Gasteiger partial charge in [0.15, 0.2) is 6.61 Å². The summed E-state index contributed by atoms with van der Waals surface area (Å²) < 4.78 is 42.1. The molecule has 0 radical (unpaired) electrons. The van der Waals surface area contributed by atoms with Gasteiger partial charge >= 0.3 is 12.1 Å². The first-order valence-corrected chi connectivity index (χ1v) is 8.66. The molecule has 1 fully saturated rings. The summed E-state index contributed by atoms with van der Waals surface area (Å²) in [6, 6.07) is 3.88. The molecule has 2 amide bonds. The van der Waals surface area contributed by atoms with E-state index < -0.39 is 30.2 Å². The maximum Gasteiger partial charge on any atom is 0.416 e. The van der Waals surface area contributed by atoms with Crippen molar-refractivity contribution in [2.75, 3.05) is 18.5 Å². The van der Waals surface area contributed by atoms with E-state index in [0.29, 0.717) is 0 Å². The van der Waals surface area contributed by atoms with Gasteiger partial charge in [0.2, 0.25) is 5.91 Å². The van der Waals surface area contributed by atoms with Gasteiger partial charge in [-0.3, -0.25) is 14.4 Å². The number of carbonyl (C=O) groups is 3. The number of hydrogen-bond donors (Lipinski definition) is 2. The Bertz CT molecular complexity index is 668. The number of nitrogens with one attached hydrogen (secondary N) is 2. The monoisotopic (exact) mass is 386 g/mol. The first-order chi connectivity index (χ1) is 12.8. The van der Waals surface area contributed by atoms with Crippen LogP contribution >= 0.6 is 0 Å². The maximum absolute atomic E-state index is 12.5. The van der Waals surface area contributed by atoms with Crippen LogP contribution in [-0.2, 0) is 25.3 Å². The van der Waals surface area contributed by atoms with Gasteiger partial charge in [0.1, 0.15) is 6.54 Å². The lowest BCUT2D eigenvalue weighted by Crippen LogP contribution is -2.36. The van der Waals surface area contributed by atoms with E-state index in [9.17, 15) is 27.6 Å². The zero-order valence-corrected chi connectivity index (χ0v) is 14.6. The number of hydrogen-bond acceptors (Lipinski definition) is 4. The topological polar surface area (TPSA) is 84.5 Å². The largest absolute Gasteiger partial charge is 0.454 e. The number of anilines is 1. The molecule has 0 saturated heterocycles. The number of alkyl halides is 3. The van der Waals surface area contributed by atoms with E-state index in [1.807, 2.05) is 0 Å². The van der Waals surface area contributed by atoms with Crippen molar-refractivity contribution >= 4 is 23.5 Å². The van der Waals surface area contributed by atoms with Crippen LogP contribution < -0.4 is 10.6 Å². The Morgan fingerprint density at radius 3 is 2.26 bits per heavy atom. The second-order valence-electron chi connectivity index (χ2n) is 6.34. The summed E-state index contributed by atoms with van der Waals surface area (Å²) in [6.07, 6.45) is 0.242. The zero-order valence-electron chi connectivity index (χ0n) is 14.6. The van der Waals surface area contributed by atoms with E-state index >= 15 is 0 Å². The van der Waals surface area contributed by atoms with Crippen molar-refractivity contribution in [1.82, 2.24) is 5.32 Å². The van der Waals surface area contributed by atoms with E-state index in [1.54, 1.807) is 0 Å². The molecule has 1 saturated carbocycles. The number of halogens is 3. The summed E-state index contributed by atoms with van der Waals surface area (Å²) in [5.74, 6) is -1.74. The minimum absolute atomic E-state index is 0.0884. The summed E-state index contributed by atoms with van der Waals surface area (Å²) in [7, 11) is 0. The van der Waals surface area contributed by atoms with Crippen LogP contribution in [0.3, 0.4) is 0 Å². The Labute approximate surface area is 154 Å². The normalized spacial score (nSPS) is 15.1. The lowest BCUT2D eigenvalue weighted by molar-refractivity contribution is -0.147. The van der Waals surface area contributed by atoms with E-state index in [0.717, 1.165) is 56.4 Å². The van der Waals surface area contributed by atoms with Crippen molar-refractivity contribution in [2.45, 2.75) is 38.3 Å². The molecule has 2 N–H and O–H groups in total. The number of rotatable bonds is 6. The number of carbonyl (C=O) groups excluding carboxylic acids is 3. The van der Waals surface area contributed by atoms with E-state index in [4.69, 9.17) is 4.74 Å². The molecule has 27 heavy (non-hydrogen) atoms. The molecule has 0 atom stereocenters. The molecule has 0 heterocycles. The van der Waals surface area contributed by atoms with Crippen molar-refractivity contribution in [3.63, 3.8) is 0 Å². The Hall–Kier alpha value is -2.58. The molecule has 1 aromatic carbocycles. The van der Waals surface area contributed by atoms with Gasteiger partial charge in [-0.15, -0.1) is 0 Å². The third-order valence-corrected chi connectivity index (χ3v) is 4.24. The molecule has 0 spiro atoms. The molecule has 0 aromatic heterocycles. The molecule has 2 rings (SSSR count). The van der Waals surface area contributed by atoms with E-state index in [1.165, 1.54) is 0 Å². The van der Waals surface area contributed by atoms with E-state index in [-0.39, 0.29) is 24.1 Å². The quantitative estimate of drug-likeness (QED) is 0.737. The number of esters is 1. The van der Waals surface area contributed by atoms with Crippen molar-refractivity contribution in [3.8, 4) is 0 Å². The third kappa shape index (κ3) is 6.92. The van der Waals surface area contributed by atoms with Crippen LogP contribution in [0.15, 0.2) is 24.3 Å². The van der Waals surface area contributed by atoms with Gasteiger partial charge in [0, 0.05) is 11.6 Å². The zero-order chi connectivity index (χ0) is 19.9. The van der Waals surface area contributed by atoms with Gasteiger partial charge in [0.05, 0.1) is 5.56 Å². The maximum atomic E-state index is 12.5. The molecule has 9 heteroatoms.